The van der Waals surface area contributed by atoms with Crippen molar-refractivity contribution in [1.82, 2.24) is 14.5 Å². The zero-order valence-corrected chi connectivity index (χ0v) is 16.5. The molecule has 1 aliphatic rings. The molecule has 1 aromatic carbocycles. The van der Waals surface area contributed by atoms with Crippen LogP contribution in [-0.4, -0.2) is 27.0 Å². The van der Waals surface area contributed by atoms with E-state index < -0.39 is 5.91 Å². The molecule has 7 heteroatoms. The van der Waals surface area contributed by atoms with Gasteiger partial charge in [-0.1, -0.05) is 25.0 Å². The monoisotopic (exact) mass is 391 g/mol. The number of aromatic nitrogens is 3. The molecule has 2 aromatic heterocycles. The first-order valence-corrected chi connectivity index (χ1v) is 10.1. The van der Waals surface area contributed by atoms with E-state index in [1.54, 1.807) is 18.2 Å². The lowest BCUT2D eigenvalue weighted by molar-refractivity contribution is 0.100. The van der Waals surface area contributed by atoms with Crippen LogP contribution in [0.1, 0.15) is 53.3 Å². The van der Waals surface area contributed by atoms with Crippen molar-refractivity contribution in [3.05, 3.63) is 63.6 Å². The molecule has 1 fully saturated rings. The number of aryl methyl sites for hydroxylation is 1. The first-order chi connectivity index (χ1) is 14.0. The molecule has 0 spiro atoms. The van der Waals surface area contributed by atoms with Crippen molar-refractivity contribution in [3.8, 4) is 0 Å². The molecular weight excluding hydrogens is 366 g/mol. The summed E-state index contributed by atoms with van der Waals surface area (Å²) in [6.45, 7) is 2.59. The molecule has 3 aromatic rings. The van der Waals surface area contributed by atoms with Gasteiger partial charge in [0.15, 0.2) is 0 Å². The third-order valence-corrected chi connectivity index (χ3v) is 5.60. The highest BCUT2D eigenvalue weighted by atomic mass is 16.1. The summed E-state index contributed by atoms with van der Waals surface area (Å²) < 4.78 is 1.85. The van der Waals surface area contributed by atoms with Gasteiger partial charge in [-0.2, -0.15) is 4.98 Å². The lowest BCUT2D eigenvalue weighted by Crippen LogP contribution is -2.24. The number of nitrogens with zero attached hydrogens (tertiary/aromatic N) is 3. The minimum atomic E-state index is -0.428. The molecule has 0 aliphatic heterocycles. The van der Waals surface area contributed by atoms with E-state index in [1.165, 1.54) is 0 Å². The first-order valence-electron chi connectivity index (χ1n) is 10.1. The Labute approximate surface area is 169 Å². The molecule has 150 valence electrons. The van der Waals surface area contributed by atoms with Crippen molar-refractivity contribution in [2.45, 2.75) is 45.1 Å². The topological polar surface area (TPSA) is 103 Å². The Balaban J connectivity index is 1.55. The van der Waals surface area contributed by atoms with E-state index in [-0.39, 0.29) is 11.6 Å². The number of amides is 1. The zero-order chi connectivity index (χ0) is 20.4. The number of benzene rings is 1. The number of primary amides is 1. The molecule has 29 heavy (non-hydrogen) atoms. The standard InChI is InChI=1S/C22H25N5O2/c1-14-18-10-11-19(28)27(17-4-2-3-5-17)21(18)26-22(25-14)24-13-12-15-6-8-16(9-7-15)20(23)29/h6-11,17H,2-5,12-13H2,1H3,(H2,23,29)(H,24,25,26). The van der Waals surface area contributed by atoms with E-state index in [0.29, 0.717) is 23.7 Å². The number of hydrogen-bond acceptors (Lipinski definition) is 5. The third-order valence-electron chi connectivity index (χ3n) is 5.60. The summed E-state index contributed by atoms with van der Waals surface area (Å²) in [5.41, 5.74) is 8.43. The highest BCUT2D eigenvalue weighted by Gasteiger charge is 2.21. The van der Waals surface area contributed by atoms with E-state index >= 15 is 0 Å². The molecule has 3 N–H and O–H groups in total. The molecule has 0 atom stereocenters. The van der Waals surface area contributed by atoms with Crippen LogP contribution in [0.2, 0.25) is 0 Å². The Kier molecular flexibility index (Phi) is 5.29. The number of pyridine rings is 1. The summed E-state index contributed by atoms with van der Waals surface area (Å²) >= 11 is 0. The minimum absolute atomic E-state index is 0.00277. The van der Waals surface area contributed by atoms with Crippen molar-refractivity contribution < 1.29 is 4.79 Å². The molecule has 4 rings (SSSR count). The first kappa shape index (κ1) is 19.1. The Morgan fingerprint density at radius 1 is 1.14 bits per heavy atom. The molecule has 0 unspecified atom stereocenters. The molecule has 1 aliphatic carbocycles. The summed E-state index contributed by atoms with van der Waals surface area (Å²) in [6, 6.07) is 10.9. The van der Waals surface area contributed by atoms with E-state index in [0.717, 1.165) is 48.7 Å². The van der Waals surface area contributed by atoms with Gasteiger partial charge in [-0.05, 0) is 49.9 Å². The fraction of sp³-hybridized carbons (Fsp3) is 0.364. The van der Waals surface area contributed by atoms with Gasteiger partial charge in [0, 0.05) is 29.6 Å². The quantitative estimate of drug-likeness (QED) is 0.672. The fourth-order valence-electron chi connectivity index (χ4n) is 4.03. The second kappa shape index (κ2) is 8.03. The average Bonchev–Trinajstić information content (AvgIpc) is 3.22. The summed E-state index contributed by atoms with van der Waals surface area (Å²) in [6.07, 6.45) is 5.09. The second-order valence-corrected chi connectivity index (χ2v) is 7.59. The number of nitrogens with one attached hydrogen (secondary N) is 1. The van der Waals surface area contributed by atoms with Gasteiger partial charge in [0.2, 0.25) is 11.9 Å². The van der Waals surface area contributed by atoms with E-state index in [9.17, 15) is 9.59 Å². The Hall–Kier alpha value is -3.22. The van der Waals surface area contributed by atoms with Crippen LogP contribution < -0.4 is 16.6 Å². The summed E-state index contributed by atoms with van der Waals surface area (Å²) in [5, 5.41) is 4.19. The predicted octanol–water partition coefficient (Wildman–Crippen LogP) is 2.97. The normalized spacial score (nSPS) is 14.4. The van der Waals surface area contributed by atoms with Gasteiger partial charge in [0.1, 0.15) is 5.65 Å². The molecule has 0 bridgehead atoms. The van der Waals surface area contributed by atoms with Gasteiger partial charge in [0.05, 0.1) is 5.69 Å². The summed E-state index contributed by atoms with van der Waals surface area (Å²) in [7, 11) is 0. The summed E-state index contributed by atoms with van der Waals surface area (Å²) in [4.78, 5) is 33.0. The number of hydrogen-bond donors (Lipinski definition) is 2. The predicted molar refractivity (Wildman–Crippen MR) is 113 cm³/mol. The Bertz CT molecular complexity index is 1100. The number of anilines is 1. The highest BCUT2D eigenvalue weighted by molar-refractivity contribution is 5.92. The van der Waals surface area contributed by atoms with E-state index in [4.69, 9.17) is 5.73 Å². The van der Waals surface area contributed by atoms with Crippen LogP contribution in [0, 0.1) is 6.92 Å². The van der Waals surface area contributed by atoms with Crippen LogP contribution in [0.4, 0.5) is 5.95 Å². The fourth-order valence-corrected chi connectivity index (χ4v) is 4.03. The van der Waals surface area contributed by atoms with Gasteiger partial charge in [0.25, 0.3) is 5.56 Å². The van der Waals surface area contributed by atoms with Crippen molar-refractivity contribution in [3.63, 3.8) is 0 Å². The number of carbonyl (C=O) groups is 1. The third kappa shape index (κ3) is 3.99. The zero-order valence-electron chi connectivity index (χ0n) is 16.5. The molecule has 2 heterocycles. The average molecular weight is 391 g/mol. The van der Waals surface area contributed by atoms with Crippen molar-refractivity contribution in [1.29, 1.82) is 0 Å². The van der Waals surface area contributed by atoms with Crippen LogP contribution in [0.25, 0.3) is 11.0 Å². The van der Waals surface area contributed by atoms with Crippen LogP contribution in [0.5, 0.6) is 0 Å². The van der Waals surface area contributed by atoms with Crippen LogP contribution in [-0.2, 0) is 6.42 Å². The van der Waals surface area contributed by atoms with E-state index in [2.05, 4.69) is 15.3 Å². The molecular formula is C22H25N5O2. The minimum Gasteiger partial charge on any atom is -0.366 e. The molecule has 7 nitrogen and oxygen atoms in total. The number of fused-ring (bicyclic) bond motifs is 1. The maximum atomic E-state index is 12.6. The van der Waals surface area contributed by atoms with Crippen LogP contribution >= 0.6 is 0 Å². The SMILES string of the molecule is Cc1nc(NCCc2ccc(C(N)=O)cc2)nc2c1ccc(=O)n2C1CCCC1. The van der Waals surface area contributed by atoms with E-state index in [1.807, 2.05) is 29.7 Å². The van der Waals surface area contributed by atoms with Crippen molar-refractivity contribution in [2.24, 2.45) is 5.73 Å². The smallest absolute Gasteiger partial charge is 0.252 e. The largest absolute Gasteiger partial charge is 0.366 e. The molecule has 1 amide bonds. The van der Waals surface area contributed by atoms with Gasteiger partial charge in [-0.15, -0.1) is 0 Å². The Morgan fingerprint density at radius 3 is 2.55 bits per heavy atom. The number of carbonyl (C=O) groups excluding carboxylic acids is 1. The Morgan fingerprint density at radius 2 is 1.86 bits per heavy atom. The number of nitrogens with two attached hydrogens (primary N) is 1. The van der Waals surface area contributed by atoms with Crippen molar-refractivity contribution in [2.75, 3.05) is 11.9 Å². The lowest BCUT2D eigenvalue weighted by Gasteiger charge is -2.17. The number of rotatable bonds is 6. The maximum absolute atomic E-state index is 12.6. The van der Waals surface area contributed by atoms with Crippen LogP contribution in [0.3, 0.4) is 0 Å². The van der Waals surface area contributed by atoms with Crippen molar-refractivity contribution >= 4 is 22.9 Å². The molecule has 0 saturated heterocycles. The highest BCUT2D eigenvalue weighted by Crippen LogP contribution is 2.30. The van der Waals surface area contributed by atoms with Crippen LogP contribution in [0.15, 0.2) is 41.2 Å². The van der Waals surface area contributed by atoms with Gasteiger partial charge >= 0.3 is 0 Å². The summed E-state index contributed by atoms with van der Waals surface area (Å²) in [5.74, 6) is 0.101. The molecule has 0 radical (unpaired) electrons. The second-order valence-electron chi connectivity index (χ2n) is 7.59. The van der Waals surface area contributed by atoms with Gasteiger partial charge in [-0.25, -0.2) is 4.98 Å². The van der Waals surface area contributed by atoms with Gasteiger partial charge in [-0.3, -0.25) is 14.2 Å². The lowest BCUT2D eigenvalue weighted by atomic mass is 10.1. The molecule has 1 saturated carbocycles. The maximum Gasteiger partial charge on any atom is 0.252 e. The van der Waals surface area contributed by atoms with Gasteiger partial charge < -0.3 is 11.1 Å².